The van der Waals surface area contributed by atoms with E-state index in [1.807, 2.05) is 0 Å². The summed E-state index contributed by atoms with van der Waals surface area (Å²) in [7, 11) is -3.48. The Morgan fingerprint density at radius 1 is 1.60 bits per heavy atom. The largest absolute Gasteiger partial charge is 0.396 e. The molecule has 0 aromatic carbocycles. The molecule has 0 unspecified atom stereocenters. The van der Waals surface area contributed by atoms with Crippen LogP contribution in [0.5, 0.6) is 0 Å². The van der Waals surface area contributed by atoms with Gasteiger partial charge >= 0.3 is 0 Å². The molecule has 0 bridgehead atoms. The minimum atomic E-state index is -3.48. The van der Waals surface area contributed by atoms with Gasteiger partial charge in [-0.25, -0.2) is 8.42 Å². The molecule has 7 heteroatoms. The Morgan fingerprint density at radius 3 is 2.80 bits per heavy atom. The molecule has 1 heterocycles. The molecular weight excluding hydrogens is 218 g/mol. The molecule has 0 aliphatic rings. The zero-order valence-corrected chi connectivity index (χ0v) is 9.37. The van der Waals surface area contributed by atoms with Gasteiger partial charge in [-0.05, 0) is 12.5 Å². The first-order chi connectivity index (χ1) is 7.12. The summed E-state index contributed by atoms with van der Waals surface area (Å²) < 4.78 is 25.1. The second-order valence-corrected chi connectivity index (χ2v) is 4.90. The fraction of sp³-hybridized carbons (Fsp3) is 0.625. The van der Waals surface area contributed by atoms with Crippen LogP contribution in [0.2, 0.25) is 0 Å². The van der Waals surface area contributed by atoms with E-state index >= 15 is 0 Å². The molecule has 0 fully saturated rings. The molecule has 0 radical (unpaired) electrons. The third-order valence-corrected chi connectivity index (χ3v) is 3.92. The maximum Gasteiger partial charge on any atom is 0.259 e. The van der Waals surface area contributed by atoms with Crippen molar-refractivity contribution in [2.45, 2.75) is 18.4 Å². The second kappa shape index (κ2) is 5.24. The third kappa shape index (κ3) is 2.77. The molecule has 0 spiro atoms. The fourth-order valence-corrected chi connectivity index (χ4v) is 2.61. The van der Waals surface area contributed by atoms with E-state index in [2.05, 4.69) is 10.2 Å². The molecule has 6 nitrogen and oxygen atoms in total. The maximum atomic E-state index is 11.9. The van der Waals surface area contributed by atoms with Crippen molar-refractivity contribution in [3.63, 3.8) is 0 Å². The predicted molar refractivity (Wildman–Crippen MR) is 54.7 cm³/mol. The fourth-order valence-electron chi connectivity index (χ4n) is 1.22. The van der Waals surface area contributed by atoms with E-state index in [0.717, 1.165) is 0 Å². The summed E-state index contributed by atoms with van der Waals surface area (Å²) in [6.07, 6.45) is 1.83. The predicted octanol–water partition coefficient (Wildman–Crippen LogP) is -0.197. The molecule has 1 aromatic heterocycles. The summed E-state index contributed by atoms with van der Waals surface area (Å²) in [5, 5.41) is 14.8. The number of rotatable bonds is 6. The third-order valence-electron chi connectivity index (χ3n) is 2.01. The van der Waals surface area contributed by atoms with Crippen LogP contribution in [0.3, 0.4) is 0 Å². The van der Waals surface area contributed by atoms with Crippen LogP contribution in [0.1, 0.15) is 13.3 Å². The van der Waals surface area contributed by atoms with Crippen LogP contribution in [0.15, 0.2) is 17.3 Å². The molecule has 0 aliphatic carbocycles. The maximum absolute atomic E-state index is 11.9. The van der Waals surface area contributed by atoms with Gasteiger partial charge in [-0.3, -0.25) is 5.10 Å². The number of sulfonamides is 1. The second-order valence-electron chi connectivity index (χ2n) is 2.99. The van der Waals surface area contributed by atoms with Crippen LogP contribution >= 0.6 is 0 Å². The SMILES string of the molecule is CCN(CCCO)S(=O)(=O)c1ccn[nH]1. The highest BCUT2D eigenvalue weighted by Gasteiger charge is 2.23. The summed E-state index contributed by atoms with van der Waals surface area (Å²) in [5.41, 5.74) is 0. The summed E-state index contributed by atoms with van der Waals surface area (Å²) >= 11 is 0. The molecule has 2 N–H and O–H groups in total. The van der Waals surface area contributed by atoms with Crippen LogP contribution in [0.4, 0.5) is 0 Å². The van der Waals surface area contributed by atoms with Gasteiger partial charge in [0.05, 0.1) is 6.20 Å². The Hall–Kier alpha value is -0.920. The highest BCUT2D eigenvalue weighted by atomic mass is 32.2. The highest BCUT2D eigenvalue weighted by molar-refractivity contribution is 7.89. The van der Waals surface area contributed by atoms with Crippen LogP contribution in [-0.4, -0.2) is 47.7 Å². The first-order valence-electron chi connectivity index (χ1n) is 4.73. The average molecular weight is 233 g/mol. The minimum absolute atomic E-state index is 0.0189. The van der Waals surface area contributed by atoms with Crippen LogP contribution in [0.25, 0.3) is 0 Å². The van der Waals surface area contributed by atoms with Gasteiger partial charge in [-0.2, -0.15) is 9.40 Å². The molecule has 0 aliphatic heterocycles. The normalized spacial score (nSPS) is 12.2. The van der Waals surface area contributed by atoms with E-state index < -0.39 is 10.0 Å². The van der Waals surface area contributed by atoms with E-state index in [0.29, 0.717) is 19.5 Å². The van der Waals surface area contributed by atoms with E-state index in [9.17, 15) is 8.42 Å². The van der Waals surface area contributed by atoms with Crippen molar-refractivity contribution in [1.29, 1.82) is 0 Å². The van der Waals surface area contributed by atoms with Gasteiger partial charge in [0.2, 0.25) is 0 Å². The minimum Gasteiger partial charge on any atom is -0.396 e. The summed E-state index contributed by atoms with van der Waals surface area (Å²) in [5.74, 6) is 0. The lowest BCUT2D eigenvalue weighted by atomic mass is 10.4. The summed E-state index contributed by atoms with van der Waals surface area (Å²) in [4.78, 5) is 0. The van der Waals surface area contributed by atoms with Gasteiger partial charge in [0, 0.05) is 19.7 Å². The monoisotopic (exact) mass is 233 g/mol. The Morgan fingerprint density at radius 2 is 2.33 bits per heavy atom. The molecular formula is C8H15N3O3S. The van der Waals surface area contributed by atoms with Gasteiger partial charge in [-0.15, -0.1) is 0 Å². The molecule has 0 saturated carbocycles. The van der Waals surface area contributed by atoms with Crippen molar-refractivity contribution in [2.75, 3.05) is 19.7 Å². The molecule has 0 saturated heterocycles. The van der Waals surface area contributed by atoms with Crippen molar-refractivity contribution < 1.29 is 13.5 Å². The lowest BCUT2D eigenvalue weighted by molar-refractivity contribution is 0.271. The Labute approximate surface area is 89.0 Å². The zero-order chi connectivity index (χ0) is 11.3. The Balaban J connectivity index is 2.83. The number of aliphatic hydroxyl groups excluding tert-OH is 1. The standard InChI is InChI=1S/C8H15N3O3S/c1-2-11(6-3-7-12)15(13,14)8-4-5-9-10-8/h4-5,12H,2-3,6-7H2,1H3,(H,9,10). The van der Waals surface area contributed by atoms with Crippen molar-refractivity contribution >= 4 is 10.0 Å². The summed E-state index contributed by atoms with van der Waals surface area (Å²) in [6, 6.07) is 1.41. The number of nitrogens with one attached hydrogen (secondary N) is 1. The smallest absolute Gasteiger partial charge is 0.259 e. The summed E-state index contributed by atoms with van der Waals surface area (Å²) in [6.45, 7) is 2.43. The van der Waals surface area contributed by atoms with Crippen molar-refractivity contribution in [3.05, 3.63) is 12.3 Å². The Bertz CT molecular complexity index is 374. The van der Waals surface area contributed by atoms with E-state index in [1.165, 1.54) is 16.6 Å². The number of H-pyrrole nitrogens is 1. The number of aliphatic hydroxyl groups is 1. The lowest BCUT2D eigenvalue weighted by Crippen LogP contribution is -2.32. The topological polar surface area (TPSA) is 86.3 Å². The number of nitrogens with zero attached hydrogens (tertiary/aromatic N) is 2. The highest BCUT2D eigenvalue weighted by Crippen LogP contribution is 2.11. The molecule has 15 heavy (non-hydrogen) atoms. The van der Waals surface area contributed by atoms with Gasteiger partial charge in [0.15, 0.2) is 5.03 Å². The molecule has 0 atom stereocenters. The zero-order valence-electron chi connectivity index (χ0n) is 8.55. The molecule has 1 aromatic rings. The van der Waals surface area contributed by atoms with Gasteiger partial charge in [0.1, 0.15) is 0 Å². The number of hydrogen-bond acceptors (Lipinski definition) is 4. The molecule has 86 valence electrons. The van der Waals surface area contributed by atoms with Gasteiger partial charge < -0.3 is 5.11 Å². The first-order valence-corrected chi connectivity index (χ1v) is 6.17. The van der Waals surface area contributed by atoms with Gasteiger partial charge in [0.25, 0.3) is 10.0 Å². The number of hydrogen-bond donors (Lipinski definition) is 2. The lowest BCUT2D eigenvalue weighted by Gasteiger charge is -2.18. The number of aromatic amines is 1. The quantitative estimate of drug-likeness (QED) is 0.712. The molecule has 0 amide bonds. The number of aromatic nitrogens is 2. The van der Waals surface area contributed by atoms with E-state index in [4.69, 9.17) is 5.11 Å². The van der Waals surface area contributed by atoms with Crippen molar-refractivity contribution in [1.82, 2.24) is 14.5 Å². The first kappa shape index (κ1) is 12.2. The van der Waals surface area contributed by atoms with E-state index in [-0.39, 0.29) is 11.6 Å². The Kier molecular flexibility index (Phi) is 4.25. The average Bonchev–Trinajstić information content (AvgIpc) is 2.72. The van der Waals surface area contributed by atoms with Crippen LogP contribution in [0, 0.1) is 0 Å². The van der Waals surface area contributed by atoms with Crippen LogP contribution in [-0.2, 0) is 10.0 Å². The van der Waals surface area contributed by atoms with Crippen molar-refractivity contribution in [2.24, 2.45) is 0 Å². The van der Waals surface area contributed by atoms with Crippen molar-refractivity contribution in [3.8, 4) is 0 Å². The van der Waals surface area contributed by atoms with Gasteiger partial charge in [-0.1, -0.05) is 6.92 Å². The van der Waals surface area contributed by atoms with E-state index in [1.54, 1.807) is 6.92 Å². The molecule has 1 rings (SSSR count). The van der Waals surface area contributed by atoms with Crippen LogP contribution < -0.4 is 0 Å².